The summed E-state index contributed by atoms with van der Waals surface area (Å²) in [4.78, 5) is 22.1. The molecule has 0 spiro atoms. The summed E-state index contributed by atoms with van der Waals surface area (Å²) in [7, 11) is 0. The molecule has 0 aliphatic heterocycles. The standard InChI is InChI=1S/C11H14IN3O2/c1-8(16)13-6-7-14-11(17)15-10-5-3-2-4-9(10)12/h2-5H,6-7H2,1H3,(H,13,16)(H2,14,15,17). The number of anilines is 1. The third kappa shape index (κ3) is 5.53. The van der Waals surface area contributed by atoms with Crippen molar-refractivity contribution in [3.63, 3.8) is 0 Å². The average molecular weight is 347 g/mol. The molecule has 0 radical (unpaired) electrons. The third-order valence-corrected chi connectivity index (χ3v) is 2.85. The summed E-state index contributed by atoms with van der Waals surface area (Å²) < 4.78 is 0.974. The van der Waals surface area contributed by atoms with Gasteiger partial charge in [0, 0.05) is 23.6 Å². The van der Waals surface area contributed by atoms with Crippen molar-refractivity contribution in [1.29, 1.82) is 0 Å². The highest BCUT2D eigenvalue weighted by Crippen LogP contribution is 2.16. The summed E-state index contributed by atoms with van der Waals surface area (Å²) in [6, 6.07) is 7.22. The molecule has 5 nitrogen and oxygen atoms in total. The first-order valence-electron chi connectivity index (χ1n) is 5.13. The van der Waals surface area contributed by atoms with Crippen molar-refractivity contribution in [2.75, 3.05) is 18.4 Å². The molecule has 3 amide bonds. The highest BCUT2D eigenvalue weighted by atomic mass is 127. The molecule has 1 aromatic carbocycles. The Morgan fingerprint density at radius 1 is 1.18 bits per heavy atom. The Bertz CT molecular complexity index is 409. The van der Waals surface area contributed by atoms with Crippen LogP contribution in [0.3, 0.4) is 0 Å². The van der Waals surface area contributed by atoms with Crippen LogP contribution in [0, 0.1) is 3.57 Å². The van der Waals surface area contributed by atoms with Gasteiger partial charge in [-0.2, -0.15) is 0 Å². The smallest absolute Gasteiger partial charge is 0.319 e. The molecule has 0 bridgehead atoms. The minimum absolute atomic E-state index is 0.107. The van der Waals surface area contributed by atoms with Gasteiger partial charge >= 0.3 is 6.03 Å². The Morgan fingerprint density at radius 2 is 1.82 bits per heavy atom. The van der Waals surface area contributed by atoms with E-state index in [1.54, 1.807) is 0 Å². The number of nitrogens with one attached hydrogen (secondary N) is 3. The van der Waals surface area contributed by atoms with Gasteiger partial charge in [0.15, 0.2) is 0 Å². The first-order chi connectivity index (χ1) is 8.09. The second-order valence-electron chi connectivity index (χ2n) is 3.34. The average Bonchev–Trinajstić information content (AvgIpc) is 2.27. The summed E-state index contributed by atoms with van der Waals surface area (Å²) in [5.41, 5.74) is 0.769. The van der Waals surface area contributed by atoms with Crippen molar-refractivity contribution in [3.05, 3.63) is 27.8 Å². The SMILES string of the molecule is CC(=O)NCCNC(=O)Nc1ccccc1I. The molecule has 1 rings (SSSR count). The number of hydrogen-bond acceptors (Lipinski definition) is 2. The molecule has 17 heavy (non-hydrogen) atoms. The Labute approximate surface area is 113 Å². The summed E-state index contributed by atoms with van der Waals surface area (Å²) in [6.45, 7) is 2.26. The molecule has 0 aliphatic carbocycles. The monoisotopic (exact) mass is 347 g/mol. The van der Waals surface area contributed by atoms with Gasteiger partial charge in [-0.25, -0.2) is 4.79 Å². The molecule has 0 saturated heterocycles. The maximum atomic E-state index is 11.5. The first kappa shape index (κ1) is 13.8. The normalized spacial score (nSPS) is 9.53. The maximum Gasteiger partial charge on any atom is 0.319 e. The van der Waals surface area contributed by atoms with Crippen molar-refractivity contribution in [2.24, 2.45) is 0 Å². The molecule has 1 aromatic rings. The second kappa shape index (κ2) is 7.10. The number of halogens is 1. The van der Waals surface area contributed by atoms with Crippen LogP contribution in [0.15, 0.2) is 24.3 Å². The van der Waals surface area contributed by atoms with Gasteiger partial charge in [-0.15, -0.1) is 0 Å². The number of hydrogen-bond donors (Lipinski definition) is 3. The largest absolute Gasteiger partial charge is 0.355 e. The zero-order valence-electron chi connectivity index (χ0n) is 9.42. The van der Waals surface area contributed by atoms with E-state index in [-0.39, 0.29) is 11.9 Å². The van der Waals surface area contributed by atoms with Gasteiger partial charge in [0.05, 0.1) is 5.69 Å². The zero-order valence-corrected chi connectivity index (χ0v) is 11.6. The highest BCUT2D eigenvalue weighted by Gasteiger charge is 2.03. The van der Waals surface area contributed by atoms with E-state index in [4.69, 9.17) is 0 Å². The zero-order chi connectivity index (χ0) is 12.7. The fraction of sp³-hybridized carbons (Fsp3) is 0.273. The number of amides is 3. The predicted molar refractivity (Wildman–Crippen MR) is 74.9 cm³/mol. The molecule has 0 aliphatic rings. The Kier molecular flexibility index (Phi) is 5.75. The molecular weight excluding hydrogens is 333 g/mol. The van der Waals surface area contributed by atoms with Gasteiger partial charge < -0.3 is 16.0 Å². The van der Waals surface area contributed by atoms with Crippen molar-refractivity contribution in [2.45, 2.75) is 6.92 Å². The fourth-order valence-corrected chi connectivity index (χ4v) is 1.67. The number of carbonyl (C=O) groups excluding carboxylic acids is 2. The summed E-state index contributed by atoms with van der Waals surface area (Å²) in [6.07, 6.45) is 0. The van der Waals surface area contributed by atoms with Crippen LogP contribution >= 0.6 is 22.6 Å². The molecule has 0 heterocycles. The van der Waals surface area contributed by atoms with E-state index < -0.39 is 0 Å². The number of carbonyl (C=O) groups is 2. The van der Waals surface area contributed by atoms with E-state index in [1.165, 1.54) is 6.92 Å². The minimum Gasteiger partial charge on any atom is -0.355 e. The van der Waals surface area contributed by atoms with Crippen LogP contribution in [0.5, 0.6) is 0 Å². The number of benzene rings is 1. The first-order valence-corrected chi connectivity index (χ1v) is 6.21. The third-order valence-electron chi connectivity index (χ3n) is 1.91. The predicted octanol–water partition coefficient (Wildman–Crippen LogP) is 1.55. The second-order valence-corrected chi connectivity index (χ2v) is 4.51. The molecule has 0 aromatic heterocycles. The van der Waals surface area contributed by atoms with Gasteiger partial charge in [-0.05, 0) is 34.7 Å². The van der Waals surface area contributed by atoms with Crippen LogP contribution in [-0.4, -0.2) is 25.0 Å². The molecular formula is C11H14IN3O2. The Balaban J connectivity index is 2.30. The van der Waals surface area contributed by atoms with E-state index in [9.17, 15) is 9.59 Å². The van der Waals surface area contributed by atoms with Crippen molar-refractivity contribution in [3.8, 4) is 0 Å². The van der Waals surface area contributed by atoms with Crippen LogP contribution < -0.4 is 16.0 Å². The number of urea groups is 1. The molecule has 0 atom stereocenters. The lowest BCUT2D eigenvalue weighted by Gasteiger charge is -2.09. The van der Waals surface area contributed by atoms with Gasteiger partial charge in [-0.1, -0.05) is 12.1 Å². The van der Waals surface area contributed by atoms with Gasteiger partial charge in [-0.3, -0.25) is 4.79 Å². The van der Waals surface area contributed by atoms with Gasteiger partial charge in [0.25, 0.3) is 0 Å². The van der Waals surface area contributed by atoms with E-state index in [0.29, 0.717) is 13.1 Å². The van der Waals surface area contributed by atoms with Gasteiger partial charge in [0.1, 0.15) is 0 Å². The highest BCUT2D eigenvalue weighted by molar-refractivity contribution is 14.1. The van der Waals surface area contributed by atoms with Crippen molar-refractivity contribution in [1.82, 2.24) is 10.6 Å². The van der Waals surface area contributed by atoms with E-state index in [2.05, 4.69) is 38.5 Å². The van der Waals surface area contributed by atoms with E-state index in [1.807, 2.05) is 24.3 Å². The molecule has 92 valence electrons. The summed E-state index contributed by atoms with van der Waals surface area (Å²) in [5.74, 6) is -0.107. The lowest BCUT2D eigenvalue weighted by Crippen LogP contribution is -2.36. The molecule has 3 N–H and O–H groups in total. The van der Waals surface area contributed by atoms with Crippen molar-refractivity contribution >= 4 is 40.2 Å². The van der Waals surface area contributed by atoms with Crippen LogP contribution in [0.4, 0.5) is 10.5 Å². The maximum absolute atomic E-state index is 11.5. The van der Waals surface area contributed by atoms with Crippen molar-refractivity contribution < 1.29 is 9.59 Å². The van der Waals surface area contributed by atoms with E-state index >= 15 is 0 Å². The quantitative estimate of drug-likeness (QED) is 0.571. The van der Waals surface area contributed by atoms with Crippen LogP contribution in [0.25, 0.3) is 0 Å². The van der Waals surface area contributed by atoms with E-state index in [0.717, 1.165) is 9.26 Å². The van der Waals surface area contributed by atoms with Gasteiger partial charge in [0.2, 0.25) is 5.91 Å². The van der Waals surface area contributed by atoms with Crippen LogP contribution in [0.1, 0.15) is 6.92 Å². The molecule has 0 unspecified atom stereocenters. The fourth-order valence-electron chi connectivity index (χ4n) is 1.14. The van der Waals surface area contributed by atoms with Crippen LogP contribution in [0.2, 0.25) is 0 Å². The van der Waals surface area contributed by atoms with Crippen LogP contribution in [-0.2, 0) is 4.79 Å². The summed E-state index contributed by atoms with van der Waals surface area (Å²) in [5, 5.41) is 7.97. The number of para-hydroxylation sites is 1. The lowest BCUT2D eigenvalue weighted by atomic mass is 10.3. The topological polar surface area (TPSA) is 70.2 Å². The minimum atomic E-state index is -0.278. The Hall–Kier alpha value is -1.31. The molecule has 0 fully saturated rings. The Morgan fingerprint density at radius 3 is 2.47 bits per heavy atom. The molecule has 0 saturated carbocycles. The molecule has 6 heteroatoms. The lowest BCUT2D eigenvalue weighted by molar-refractivity contribution is -0.118. The number of rotatable bonds is 4. The summed E-state index contributed by atoms with van der Waals surface area (Å²) >= 11 is 2.15.